The van der Waals surface area contributed by atoms with Crippen LogP contribution in [0.1, 0.15) is 18.9 Å². The summed E-state index contributed by atoms with van der Waals surface area (Å²) in [5.41, 5.74) is 5.49. The normalized spacial score (nSPS) is 11.7. The van der Waals surface area contributed by atoms with Crippen LogP contribution < -0.4 is 14.8 Å². The van der Waals surface area contributed by atoms with Crippen LogP contribution >= 0.6 is 11.8 Å². The van der Waals surface area contributed by atoms with Gasteiger partial charge in [-0.2, -0.15) is 0 Å². The van der Waals surface area contributed by atoms with Gasteiger partial charge in [-0.3, -0.25) is 4.79 Å². The monoisotopic (exact) mass is 487 g/mol. The van der Waals surface area contributed by atoms with Gasteiger partial charge in [-0.15, -0.1) is 0 Å². The number of anilines is 1. The maximum Gasteiger partial charge on any atom is 0.237 e. The van der Waals surface area contributed by atoms with Gasteiger partial charge in [0, 0.05) is 16.8 Å². The summed E-state index contributed by atoms with van der Waals surface area (Å²) in [6.45, 7) is 3.99. The Bertz CT molecular complexity index is 1220. The highest BCUT2D eigenvalue weighted by Crippen LogP contribution is 2.36. The number of hydrogen-bond donors (Lipinski definition) is 2. The lowest BCUT2D eigenvalue weighted by atomic mass is 10.0. The Labute approximate surface area is 210 Å². The number of thioether (sulfide) groups is 1. The number of para-hydroxylation sites is 1. The lowest BCUT2D eigenvalue weighted by Crippen LogP contribution is -2.25. The molecular weight excluding hydrogens is 458 g/mol. The largest absolute Gasteiger partial charge is 0.497 e. The van der Waals surface area contributed by atoms with Crippen molar-refractivity contribution in [3.63, 3.8) is 0 Å². The highest BCUT2D eigenvalue weighted by molar-refractivity contribution is 8.00. The van der Waals surface area contributed by atoms with Gasteiger partial charge < -0.3 is 19.8 Å². The minimum absolute atomic E-state index is 0.0415. The third kappa shape index (κ3) is 5.69. The molecule has 1 aromatic heterocycles. The van der Waals surface area contributed by atoms with Crippen molar-refractivity contribution in [1.29, 1.82) is 0 Å². The lowest BCUT2D eigenvalue weighted by Gasteiger charge is -2.14. The summed E-state index contributed by atoms with van der Waals surface area (Å²) in [7, 11) is 3.30. The van der Waals surface area contributed by atoms with Crippen molar-refractivity contribution in [1.82, 2.24) is 9.97 Å². The standard InChI is InChI=1S/C28H29N3O3S/c1-5-24(27(32)29-23-9-7-6-8-18(23)2)35-28-30-25(19-10-14-21(33-3)15-11-19)26(31-28)20-12-16-22(34-4)17-13-20/h6-17,24H,5H2,1-4H3,(H,29,32)(H,30,31). The van der Waals surface area contributed by atoms with Crippen molar-refractivity contribution in [3.8, 4) is 34.0 Å². The van der Waals surface area contributed by atoms with E-state index in [0.29, 0.717) is 11.6 Å². The lowest BCUT2D eigenvalue weighted by molar-refractivity contribution is -0.115. The first-order valence-corrected chi connectivity index (χ1v) is 12.3. The molecule has 0 bridgehead atoms. The zero-order chi connectivity index (χ0) is 24.8. The Morgan fingerprint density at radius 2 is 1.54 bits per heavy atom. The van der Waals surface area contributed by atoms with Crippen LogP contribution in [0.2, 0.25) is 0 Å². The number of benzene rings is 3. The van der Waals surface area contributed by atoms with E-state index in [2.05, 4.69) is 10.3 Å². The molecule has 2 N–H and O–H groups in total. The van der Waals surface area contributed by atoms with E-state index in [-0.39, 0.29) is 11.2 Å². The number of H-pyrrole nitrogens is 1. The Morgan fingerprint density at radius 1 is 0.943 bits per heavy atom. The van der Waals surface area contributed by atoms with Crippen molar-refractivity contribution in [3.05, 3.63) is 78.4 Å². The van der Waals surface area contributed by atoms with Crippen LogP contribution in [0.5, 0.6) is 11.5 Å². The number of aromatic amines is 1. The number of aromatic nitrogens is 2. The molecule has 6 nitrogen and oxygen atoms in total. The average Bonchev–Trinajstić information content (AvgIpc) is 3.32. The van der Waals surface area contributed by atoms with Gasteiger partial charge in [0.05, 0.1) is 30.9 Å². The summed E-state index contributed by atoms with van der Waals surface area (Å²) in [5.74, 6) is 1.52. The molecule has 1 heterocycles. The first kappa shape index (κ1) is 24.4. The molecule has 0 aliphatic rings. The fourth-order valence-corrected chi connectivity index (χ4v) is 4.62. The molecule has 0 spiro atoms. The Morgan fingerprint density at radius 3 is 2.11 bits per heavy atom. The van der Waals surface area contributed by atoms with E-state index in [1.165, 1.54) is 11.8 Å². The second-order valence-corrected chi connectivity index (χ2v) is 9.23. The molecule has 0 aliphatic carbocycles. The van der Waals surface area contributed by atoms with E-state index in [0.717, 1.165) is 45.3 Å². The maximum atomic E-state index is 13.1. The first-order valence-electron chi connectivity index (χ1n) is 11.4. The van der Waals surface area contributed by atoms with Crippen LogP contribution in [0.4, 0.5) is 5.69 Å². The topological polar surface area (TPSA) is 76.2 Å². The number of carbonyl (C=O) groups is 1. The summed E-state index contributed by atoms with van der Waals surface area (Å²) in [4.78, 5) is 21.4. The molecule has 1 atom stereocenters. The third-order valence-corrected chi connectivity index (χ3v) is 6.99. The molecule has 7 heteroatoms. The van der Waals surface area contributed by atoms with Gasteiger partial charge in [0.1, 0.15) is 11.5 Å². The van der Waals surface area contributed by atoms with Crippen molar-refractivity contribution in [2.75, 3.05) is 19.5 Å². The van der Waals surface area contributed by atoms with Crippen molar-refractivity contribution in [2.45, 2.75) is 30.7 Å². The number of nitrogens with one attached hydrogen (secondary N) is 2. The highest BCUT2D eigenvalue weighted by Gasteiger charge is 2.22. The van der Waals surface area contributed by atoms with E-state index in [9.17, 15) is 4.79 Å². The van der Waals surface area contributed by atoms with Gasteiger partial charge >= 0.3 is 0 Å². The van der Waals surface area contributed by atoms with Gasteiger partial charge in [0.25, 0.3) is 0 Å². The van der Waals surface area contributed by atoms with Crippen LogP contribution in [0.15, 0.2) is 78.0 Å². The van der Waals surface area contributed by atoms with E-state index < -0.39 is 0 Å². The third-order valence-electron chi connectivity index (χ3n) is 5.74. The molecule has 1 amide bonds. The number of carbonyl (C=O) groups excluding carboxylic acids is 1. The summed E-state index contributed by atoms with van der Waals surface area (Å²) in [5, 5.41) is 3.45. The number of amides is 1. The zero-order valence-electron chi connectivity index (χ0n) is 20.3. The summed E-state index contributed by atoms with van der Waals surface area (Å²) in [6, 6.07) is 23.4. The van der Waals surface area contributed by atoms with E-state index in [1.54, 1.807) is 14.2 Å². The Hall–Kier alpha value is -3.71. The second-order valence-electron chi connectivity index (χ2n) is 8.04. The van der Waals surface area contributed by atoms with Crippen LogP contribution in [-0.2, 0) is 4.79 Å². The molecule has 3 aromatic carbocycles. The molecule has 0 aliphatic heterocycles. The molecule has 0 fully saturated rings. The molecule has 4 aromatic rings. The summed E-state index contributed by atoms with van der Waals surface area (Å²) < 4.78 is 10.6. The molecular formula is C28H29N3O3S. The SMILES string of the molecule is CCC(Sc1nc(-c2ccc(OC)cc2)c(-c2ccc(OC)cc2)[nH]1)C(=O)Nc1ccccc1C. The van der Waals surface area contributed by atoms with Crippen LogP contribution in [-0.4, -0.2) is 35.3 Å². The molecule has 0 saturated heterocycles. The number of ether oxygens (including phenoxy) is 2. The minimum atomic E-state index is -0.298. The second kappa shape index (κ2) is 11.1. The number of hydrogen-bond acceptors (Lipinski definition) is 5. The number of imidazole rings is 1. The minimum Gasteiger partial charge on any atom is -0.497 e. The smallest absolute Gasteiger partial charge is 0.237 e. The predicted molar refractivity (Wildman–Crippen MR) is 142 cm³/mol. The number of nitrogens with zero attached hydrogens (tertiary/aromatic N) is 1. The van der Waals surface area contributed by atoms with Crippen molar-refractivity contribution in [2.24, 2.45) is 0 Å². The Kier molecular flexibility index (Phi) is 7.77. The summed E-state index contributed by atoms with van der Waals surface area (Å²) >= 11 is 1.43. The van der Waals surface area contributed by atoms with Crippen LogP contribution in [0.25, 0.3) is 22.5 Å². The number of methoxy groups -OCH3 is 2. The number of rotatable bonds is 9. The molecule has 1 unspecified atom stereocenters. The average molecular weight is 488 g/mol. The van der Waals surface area contributed by atoms with Crippen molar-refractivity contribution < 1.29 is 14.3 Å². The van der Waals surface area contributed by atoms with Gasteiger partial charge in [-0.25, -0.2) is 4.98 Å². The van der Waals surface area contributed by atoms with Crippen LogP contribution in [0, 0.1) is 6.92 Å². The van der Waals surface area contributed by atoms with E-state index in [1.807, 2.05) is 86.6 Å². The number of aryl methyl sites for hydroxylation is 1. The fraction of sp³-hybridized carbons (Fsp3) is 0.214. The molecule has 0 radical (unpaired) electrons. The maximum absolute atomic E-state index is 13.1. The fourth-order valence-electron chi connectivity index (χ4n) is 3.72. The quantitative estimate of drug-likeness (QED) is 0.261. The van der Waals surface area contributed by atoms with Gasteiger partial charge in [0.15, 0.2) is 5.16 Å². The molecule has 35 heavy (non-hydrogen) atoms. The first-order chi connectivity index (χ1) is 17.0. The van der Waals surface area contributed by atoms with Crippen molar-refractivity contribution >= 4 is 23.4 Å². The van der Waals surface area contributed by atoms with Crippen LogP contribution in [0.3, 0.4) is 0 Å². The van der Waals surface area contributed by atoms with Gasteiger partial charge in [0.2, 0.25) is 5.91 Å². The summed E-state index contributed by atoms with van der Waals surface area (Å²) in [6.07, 6.45) is 0.665. The van der Waals surface area contributed by atoms with E-state index >= 15 is 0 Å². The molecule has 4 rings (SSSR count). The van der Waals surface area contributed by atoms with E-state index in [4.69, 9.17) is 14.5 Å². The zero-order valence-corrected chi connectivity index (χ0v) is 21.1. The van der Waals surface area contributed by atoms with Gasteiger partial charge in [-0.05, 0) is 73.5 Å². The highest BCUT2D eigenvalue weighted by atomic mass is 32.2. The van der Waals surface area contributed by atoms with Gasteiger partial charge in [-0.1, -0.05) is 36.9 Å². The molecule has 0 saturated carbocycles. The predicted octanol–water partition coefficient (Wildman–Crippen LogP) is 6.58. The molecule has 180 valence electrons. The Balaban J connectivity index is 1.65.